The van der Waals surface area contributed by atoms with E-state index in [-0.39, 0.29) is 24.3 Å². The van der Waals surface area contributed by atoms with Gasteiger partial charge in [0.25, 0.3) is 5.91 Å². The van der Waals surface area contributed by atoms with Crippen molar-refractivity contribution >= 4 is 22.8 Å². The first kappa shape index (κ1) is 24.8. The number of aromatic nitrogens is 1. The molecule has 1 amide bonds. The second kappa shape index (κ2) is 10.9. The van der Waals surface area contributed by atoms with Crippen LogP contribution in [0.2, 0.25) is 0 Å². The molecule has 2 aromatic carbocycles. The molecule has 176 valence electrons. The van der Waals surface area contributed by atoms with E-state index in [0.29, 0.717) is 32.5 Å². The number of quaternary nitrogens is 1. The van der Waals surface area contributed by atoms with Gasteiger partial charge in [-0.1, -0.05) is 48.5 Å². The predicted molar refractivity (Wildman–Crippen MR) is 124 cm³/mol. The molecule has 0 spiro atoms. The van der Waals surface area contributed by atoms with Crippen molar-refractivity contribution in [2.24, 2.45) is 5.41 Å². The number of likely N-dealkylation sites (tertiary alicyclic amines) is 1. The molecule has 1 fully saturated rings. The highest BCUT2D eigenvalue weighted by molar-refractivity contribution is 5.86. The average Bonchev–Trinajstić information content (AvgIpc) is 3.22. The van der Waals surface area contributed by atoms with Gasteiger partial charge in [0.2, 0.25) is 0 Å². The molecule has 1 saturated heterocycles. The lowest BCUT2D eigenvalue weighted by atomic mass is 9.75. The topological polar surface area (TPSA) is 90.0 Å². The van der Waals surface area contributed by atoms with Gasteiger partial charge in [-0.25, -0.2) is 0 Å². The van der Waals surface area contributed by atoms with Gasteiger partial charge in [0.15, 0.2) is 6.04 Å². The quantitative estimate of drug-likeness (QED) is 0.467. The summed E-state index contributed by atoms with van der Waals surface area (Å²) in [7, 11) is 0. The van der Waals surface area contributed by atoms with Crippen LogP contribution >= 0.6 is 0 Å². The van der Waals surface area contributed by atoms with Crippen molar-refractivity contribution < 1.29 is 32.5 Å². The number of ether oxygens (including phenoxy) is 1. The Bertz CT molecular complexity index is 1080. The zero-order chi connectivity index (χ0) is 22.6. The summed E-state index contributed by atoms with van der Waals surface area (Å²) in [5, 5.41) is 1.12. The highest BCUT2D eigenvalue weighted by atomic mass is 35.5. The summed E-state index contributed by atoms with van der Waals surface area (Å²) in [4.78, 5) is 31.6. The highest BCUT2D eigenvalue weighted by Gasteiger charge is 2.45. The molecule has 4 rings (SSSR count). The maximum Gasteiger partial charge on any atom is 0.314 e. The SMILES string of the molecule is CCOC(=O)[C@]1(Cc2ccccc2)CCCN(C(=O)[C@H]([NH3+])Cc2c[nH]c3ccccc23)C1.[Cl-]. The molecule has 0 bridgehead atoms. The fraction of sp³-hybridized carbons (Fsp3) is 0.385. The van der Waals surface area contributed by atoms with Gasteiger partial charge in [-0.15, -0.1) is 0 Å². The molecule has 1 aliphatic rings. The second-order valence-corrected chi connectivity index (χ2v) is 8.79. The van der Waals surface area contributed by atoms with Crippen molar-refractivity contribution in [3.05, 3.63) is 71.9 Å². The molecule has 33 heavy (non-hydrogen) atoms. The molecular formula is C26H32ClN3O3. The predicted octanol–water partition coefficient (Wildman–Crippen LogP) is -0.260. The normalized spacial score (nSPS) is 19.0. The van der Waals surface area contributed by atoms with Gasteiger partial charge in [0, 0.05) is 36.6 Å². The lowest BCUT2D eigenvalue weighted by Crippen LogP contribution is -3.00. The second-order valence-electron chi connectivity index (χ2n) is 8.79. The van der Waals surface area contributed by atoms with Gasteiger partial charge in [-0.2, -0.15) is 0 Å². The van der Waals surface area contributed by atoms with Crippen LogP contribution in [0.1, 0.15) is 30.9 Å². The Morgan fingerprint density at radius 3 is 2.64 bits per heavy atom. The van der Waals surface area contributed by atoms with Crippen LogP contribution in [0, 0.1) is 5.41 Å². The molecule has 6 nitrogen and oxygen atoms in total. The number of nitrogens with zero attached hydrogens (tertiary/aromatic N) is 1. The van der Waals surface area contributed by atoms with E-state index in [2.05, 4.69) is 16.8 Å². The van der Waals surface area contributed by atoms with Crippen molar-refractivity contribution in [2.45, 2.75) is 38.6 Å². The van der Waals surface area contributed by atoms with Crippen molar-refractivity contribution in [3.63, 3.8) is 0 Å². The minimum atomic E-state index is -0.716. The number of carbonyl (C=O) groups excluding carboxylic acids is 2. The van der Waals surface area contributed by atoms with E-state index < -0.39 is 11.5 Å². The van der Waals surface area contributed by atoms with E-state index in [0.717, 1.165) is 34.9 Å². The molecule has 0 unspecified atom stereocenters. The maximum absolute atomic E-state index is 13.4. The largest absolute Gasteiger partial charge is 1.00 e. The summed E-state index contributed by atoms with van der Waals surface area (Å²) in [6, 6.07) is 17.7. The Hall–Kier alpha value is -2.83. The molecule has 1 aromatic heterocycles. The molecule has 0 saturated carbocycles. The Kier molecular flexibility index (Phi) is 8.16. The van der Waals surface area contributed by atoms with Gasteiger partial charge in [-0.05, 0) is 43.4 Å². The first-order valence-electron chi connectivity index (χ1n) is 11.4. The van der Waals surface area contributed by atoms with Crippen LogP contribution in [-0.4, -0.2) is 47.5 Å². The Balaban J connectivity index is 0.00000306. The lowest BCUT2D eigenvalue weighted by Gasteiger charge is -2.41. The van der Waals surface area contributed by atoms with Crippen molar-refractivity contribution in [3.8, 4) is 0 Å². The molecule has 4 N–H and O–H groups in total. The molecular weight excluding hydrogens is 438 g/mol. The van der Waals surface area contributed by atoms with E-state index in [1.54, 1.807) is 0 Å². The number of carbonyl (C=O) groups is 2. The van der Waals surface area contributed by atoms with E-state index in [1.165, 1.54) is 0 Å². The minimum absolute atomic E-state index is 0. The number of piperidine rings is 1. The van der Waals surface area contributed by atoms with Crippen molar-refractivity contribution in [1.29, 1.82) is 0 Å². The fourth-order valence-electron chi connectivity index (χ4n) is 4.89. The van der Waals surface area contributed by atoms with E-state index >= 15 is 0 Å². The zero-order valence-electron chi connectivity index (χ0n) is 19.1. The molecule has 0 aliphatic carbocycles. The monoisotopic (exact) mass is 469 g/mol. The van der Waals surface area contributed by atoms with Gasteiger partial charge in [0.1, 0.15) is 0 Å². The van der Waals surface area contributed by atoms with Crippen LogP contribution in [0.15, 0.2) is 60.8 Å². The summed E-state index contributed by atoms with van der Waals surface area (Å²) in [5.74, 6) is -0.213. The Morgan fingerprint density at radius 1 is 1.15 bits per heavy atom. The number of benzene rings is 2. The van der Waals surface area contributed by atoms with Crippen molar-refractivity contribution in [1.82, 2.24) is 9.88 Å². The fourth-order valence-corrected chi connectivity index (χ4v) is 4.89. The molecule has 1 aliphatic heterocycles. The Morgan fingerprint density at radius 2 is 1.88 bits per heavy atom. The number of halogens is 1. The van der Waals surface area contributed by atoms with Gasteiger partial charge in [-0.3, -0.25) is 9.59 Å². The number of aromatic amines is 1. The van der Waals surface area contributed by atoms with Crippen LogP contribution < -0.4 is 18.1 Å². The number of rotatable bonds is 7. The summed E-state index contributed by atoms with van der Waals surface area (Å²) >= 11 is 0. The third-order valence-electron chi connectivity index (χ3n) is 6.47. The summed E-state index contributed by atoms with van der Waals surface area (Å²) in [5.41, 5.74) is 6.70. The van der Waals surface area contributed by atoms with E-state index in [1.807, 2.05) is 66.6 Å². The van der Waals surface area contributed by atoms with E-state index in [4.69, 9.17) is 4.74 Å². The number of amides is 1. The van der Waals surface area contributed by atoms with Gasteiger partial charge in [0.05, 0.1) is 12.0 Å². The van der Waals surface area contributed by atoms with Crippen LogP contribution in [0.4, 0.5) is 0 Å². The van der Waals surface area contributed by atoms with Crippen LogP contribution in [0.3, 0.4) is 0 Å². The number of para-hydroxylation sites is 1. The van der Waals surface area contributed by atoms with Crippen molar-refractivity contribution in [2.75, 3.05) is 19.7 Å². The standard InChI is InChI=1S/C26H31N3O3.ClH/c1-2-32-25(31)26(16-19-9-4-3-5-10-19)13-8-14-29(18-26)24(30)22(27)15-20-17-28-23-12-7-6-11-21(20)23;/h3-7,9-12,17,22,28H,2,8,13-16,18,27H2,1H3;1H/t22-,26+;/m1./s1. The van der Waals surface area contributed by atoms with E-state index in [9.17, 15) is 9.59 Å². The third-order valence-corrected chi connectivity index (χ3v) is 6.47. The summed E-state index contributed by atoms with van der Waals surface area (Å²) in [6.07, 6.45) is 4.59. The maximum atomic E-state index is 13.4. The Labute approximate surface area is 200 Å². The summed E-state index contributed by atoms with van der Waals surface area (Å²) < 4.78 is 5.48. The molecule has 3 aromatic rings. The van der Waals surface area contributed by atoms with Crippen LogP contribution in [0.25, 0.3) is 10.9 Å². The molecule has 0 radical (unpaired) electrons. The third kappa shape index (κ3) is 5.40. The van der Waals surface area contributed by atoms with Crippen LogP contribution in [0.5, 0.6) is 0 Å². The number of fused-ring (bicyclic) bond motifs is 1. The summed E-state index contributed by atoms with van der Waals surface area (Å²) in [6.45, 7) is 3.18. The molecule has 2 atom stereocenters. The minimum Gasteiger partial charge on any atom is -1.00 e. The lowest BCUT2D eigenvalue weighted by molar-refractivity contribution is -0.405. The number of nitrogens with one attached hydrogen (secondary N) is 1. The first-order valence-corrected chi connectivity index (χ1v) is 11.4. The highest BCUT2D eigenvalue weighted by Crippen LogP contribution is 2.35. The zero-order valence-corrected chi connectivity index (χ0v) is 19.8. The van der Waals surface area contributed by atoms with Gasteiger partial charge >= 0.3 is 5.97 Å². The van der Waals surface area contributed by atoms with Crippen LogP contribution in [-0.2, 0) is 27.2 Å². The van der Waals surface area contributed by atoms with Gasteiger partial charge < -0.3 is 32.8 Å². The first-order chi connectivity index (χ1) is 15.5. The number of H-pyrrole nitrogens is 1. The molecule has 2 heterocycles. The number of esters is 1. The molecule has 7 heteroatoms. The average molecular weight is 470 g/mol. The number of hydrogen-bond donors (Lipinski definition) is 2. The smallest absolute Gasteiger partial charge is 0.314 e. The number of hydrogen-bond acceptors (Lipinski definition) is 3.